The van der Waals surface area contributed by atoms with Gasteiger partial charge in [0.25, 0.3) is 5.91 Å². The van der Waals surface area contributed by atoms with Crippen molar-refractivity contribution in [1.29, 1.82) is 5.26 Å². The van der Waals surface area contributed by atoms with Crippen LogP contribution in [0.5, 0.6) is 23.0 Å². The number of ether oxygens (including phenoxy) is 4. The fourth-order valence-electron chi connectivity index (χ4n) is 3.10. The van der Waals surface area contributed by atoms with Crippen LogP contribution >= 0.6 is 0 Å². The summed E-state index contributed by atoms with van der Waals surface area (Å²) >= 11 is 0. The second-order valence-corrected chi connectivity index (χ2v) is 7.44. The van der Waals surface area contributed by atoms with Crippen molar-refractivity contribution in [2.75, 3.05) is 20.8 Å². The number of esters is 1. The molecule has 9 nitrogen and oxygen atoms in total. The van der Waals surface area contributed by atoms with Crippen LogP contribution < -0.4 is 24.3 Å². The van der Waals surface area contributed by atoms with Gasteiger partial charge < -0.3 is 28.7 Å². The Morgan fingerprint density at radius 3 is 2.47 bits per heavy atom. The first-order valence-corrected chi connectivity index (χ1v) is 11.1. The van der Waals surface area contributed by atoms with Gasteiger partial charge >= 0.3 is 5.97 Å². The molecule has 0 fully saturated rings. The molecule has 0 unspecified atom stereocenters. The zero-order valence-electron chi connectivity index (χ0n) is 20.0. The minimum absolute atomic E-state index is 0.0924. The average Bonchev–Trinajstić information content (AvgIpc) is 3.43. The molecule has 2 aromatic carbocycles. The summed E-state index contributed by atoms with van der Waals surface area (Å²) in [5, 5.41) is 12.0. The highest BCUT2D eigenvalue weighted by atomic mass is 16.6. The van der Waals surface area contributed by atoms with E-state index in [0.717, 1.165) is 5.75 Å². The third-order valence-corrected chi connectivity index (χ3v) is 4.94. The highest BCUT2D eigenvalue weighted by molar-refractivity contribution is 6.01. The van der Waals surface area contributed by atoms with Crippen molar-refractivity contribution >= 4 is 18.0 Å². The van der Waals surface area contributed by atoms with Gasteiger partial charge in [0.2, 0.25) is 0 Å². The number of hydrogen-bond acceptors (Lipinski definition) is 8. The lowest BCUT2D eigenvalue weighted by Crippen LogP contribution is -2.23. The first-order chi connectivity index (χ1) is 17.5. The first-order valence-electron chi connectivity index (χ1n) is 11.1. The van der Waals surface area contributed by atoms with Crippen LogP contribution in [0.15, 0.2) is 70.9 Å². The minimum atomic E-state index is -0.541. The van der Waals surface area contributed by atoms with E-state index in [4.69, 9.17) is 23.4 Å². The number of rotatable bonds is 12. The Hall–Kier alpha value is -4.71. The van der Waals surface area contributed by atoms with E-state index in [-0.39, 0.29) is 24.3 Å². The van der Waals surface area contributed by atoms with Crippen LogP contribution in [0.2, 0.25) is 0 Å². The van der Waals surface area contributed by atoms with Crippen LogP contribution in [0.25, 0.3) is 6.08 Å². The summed E-state index contributed by atoms with van der Waals surface area (Å²) in [7, 11) is 3.03. The van der Waals surface area contributed by atoms with Crippen LogP contribution in [-0.2, 0) is 16.1 Å². The molecule has 0 saturated heterocycles. The number of methoxy groups -OCH3 is 2. The van der Waals surface area contributed by atoms with Gasteiger partial charge in [-0.05, 0) is 66.6 Å². The van der Waals surface area contributed by atoms with Gasteiger partial charge in [-0.25, -0.2) is 0 Å². The molecule has 1 aromatic heterocycles. The molecule has 1 heterocycles. The lowest BCUT2D eigenvalue weighted by molar-refractivity contribution is -0.134. The SMILES string of the molecule is COc1ccc(OCCCC(=O)Oc2ccc(/C=C(\C#N)C(=O)NCc3ccco3)cc2OC)cc1. The molecule has 3 rings (SSSR count). The molecule has 0 aliphatic heterocycles. The Bertz CT molecular complexity index is 1230. The van der Waals surface area contributed by atoms with Crippen LogP contribution in [0.4, 0.5) is 0 Å². The molecule has 1 amide bonds. The summed E-state index contributed by atoms with van der Waals surface area (Å²) in [6.45, 7) is 0.509. The molecule has 36 heavy (non-hydrogen) atoms. The topological polar surface area (TPSA) is 120 Å². The summed E-state index contributed by atoms with van der Waals surface area (Å²) in [4.78, 5) is 24.6. The van der Waals surface area contributed by atoms with Crippen molar-refractivity contribution < 1.29 is 33.0 Å². The molecular formula is C27H26N2O7. The molecule has 1 N–H and O–H groups in total. The Labute approximate surface area is 208 Å². The fourth-order valence-corrected chi connectivity index (χ4v) is 3.10. The van der Waals surface area contributed by atoms with E-state index in [2.05, 4.69) is 5.32 Å². The number of carbonyl (C=O) groups is 2. The predicted octanol–water partition coefficient (Wildman–Crippen LogP) is 4.28. The van der Waals surface area contributed by atoms with E-state index in [1.807, 2.05) is 6.07 Å². The van der Waals surface area contributed by atoms with Gasteiger partial charge in [0.1, 0.15) is 28.9 Å². The maximum absolute atomic E-state index is 12.3. The Kier molecular flexibility index (Phi) is 9.53. The van der Waals surface area contributed by atoms with Crippen molar-refractivity contribution in [3.8, 4) is 29.1 Å². The van der Waals surface area contributed by atoms with E-state index in [9.17, 15) is 14.9 Å². The van der Waals surface area contributed by atoms with Gasteiger partial charge in [-0.2, -0.15) is 5.26 Å². The smallest absolute Gasteiger partial charge is 0.311 e. The molecule has 9 heteroatoms. The molecule has 0 radical (unpaired) electrons. The number of carbonyl (C=O) groups excluding carboxylic acids is 2. The highest BCUT2D eigenvalue weighted by Gasteiger charge is 2.13. The summed E-state index contributed by atoms with van der Waals surface area (Å²) in [5.74, 6) is 1.53. The Morgan fingerprint density at radius 1 is 1.03 bits per heavy atom. The third-order valence-electron chi connectivity index (χ3n) is 4.94. The van der Waals surface area contributed by atoms with Gasteiger partial charge in [-0.15, -0.1) is 0 Å². The lowest BCUT2D eigenvalue weighted by atomic mass is 10.1. The van der Waals surface area contributed by atoms with Crippen LogP contribution in [0.3, 0.4) is 0 Å². The second-order valence-electron chi connectivity index (χ2n) is 7.44. The zero-order chi connectivity index (χ0) is 25.8. The Balaban J connectivity index is 1.52. The van der Waals surface area contributed by atoms with Crippen molar-refractivity contribution in [2.24, 2.45) is 0 Å². The van der Waals surface area contributed by atoms with E-state index in [1.165, 1.54) is 19.4 Å². The summed E-state index contributed by atoms with van der Waals surface area (Å²) < 4.78 is 26.6. The number of amides is 1. The number of hydrogen-bond donors (Lipinski definition) is 1. The fraction of sp³-hybridized carbons (Fsp3) is 0.222. The standard InChI is InChI=1S/C27H26N2O7/c1-32-21-8-10-22(11-9-21)34-14-4-6-26(30)36-24-12-7-19(16-25(24)33-2)15-20(17-28)27(31)29-18-23-5-3-13-35-23/h3,5,7-13,15-16H,4,6,14,18H2,1-2H3,(H,29,31)/b20-15+. The molecule has 0 bridgehead atoms. The van der Waals surface area contributed by atoms with E-state index >= 15 is 0 Å². The second kappa shape index (κ2) is 13.2. The van der Waals surface area contributed by atoms with Crippen molar-refractivity contribution in [3.63, 3.8) is 0 Å². The highest BCUT2D eigenvalue weighted by Crippen LogP contribution is 2.29. The molecule has 0 spiro atoms. The maximum Gasteiger partial charge on any atom is 0.311 e. The number of benzene rings is 2. The van der Waals surface area contributed by atoms with Gasteiger partial charge in [-0.3, -0.25) is 9.59 Å². The quantitative estimate of drug-likeness (QED) is 0.131. The Morgan fingerprint density at radius 2 is 1.81 bits per heavy atom. The molecule has 186 valence electrons. The molecular weight excluding hydrogens is 464 g/mol. The average molecular weight is 491 g/mol. The van der Waals surface area contributed by atoms with Crippen molar-refractivity contribution in [2.45, 2.75) is 19.4 Å². The van der Waals surface area contributed by atoms with Crippen molar-refractivity contribution in [1.82, 2.24) is 5.32 Å². The maximum atomic E-state index is 12.3. The van der Waals surface area contributed by atoms with Gasteiger partial charge in [0.05, 0.1) is 33.6 Å². The van der Waals surface area contributed by atoms with E-state index < -0.39 is 11.9 Å². The number of furan rings is 1. The number of nitrogens with zero attached hydrogens (tertiary/aromatic N) is 1. The summed E-state index contributed by atoms with van der Waals surface area (Å²) in [6, 6.07) is 17.2. The number of nitriles is 1. The summed E-state index contributed by atoms with van der Waals surface area (Å²) in [5.41, 5.74) is 0.439. The molecule has 0 aliphatic carbocycles. The normalized spacial score (nSPS) is 10.8. The van der Waals surface area contributed by atoms with Gasteiger partial charge in [0.15, 0.2) is 11.5 Å². The van der Waals surface area contributed by atoms with Crippen LogP contribution in [-0.4, -0.2) is 32.7 Å². The molecule has 3 aromatic rings. The van der Waals surface area contributed by atoms with Crippen molar-refractivity contribution in [3.05, 3.63) is 77.8 Å². The molecule has 0 aliphatic rings. The number of nitrogens with one attached hydrogen (secondary N) is 1. The predicted molar refractivity (Wildman–Crippen MR) is 130 cm³/mol. The van der Waals surface area contributed by atoms with Crippen LogP contribution in [0, 0.1) is 11.3 Å². The summed E-state index contributed by atoms with van der Waals surface area (Å²) in [6.07, 6.45) is 3.53. The first kappa shape index (κ1) is 25.9. The minimum Gasteiger partial charge on any atom is -0.497 e. The van der Waals surface area contributed by atoms with Gasteiger partial charge in [0, 0.05) is 6.42 Å². The third kappa shape index (κ3) is 7.67. The zero-order valence-corrected chi connectivity index (χ0v) is 20.0. The molecule has 0 atom stereocenters. The monoisotopic (exact) mass is 490 g/mol. The largest absolute Gasteiger partial charge is 0.497 e. The van der Waals surface area contributed by atoms with Gasteiger partial charge in [-0.1, -0.05) is 6.07 Å². The van der Waals surface area contributed by atoms with E-state index in [1.54, 1.807) is 61.7 Å². The van der Waals surface area contributed by atoms with Crippen LogP contribution in [0.1, 0.15) is 24.2 Å². The molecule has 0 saturated carbocycles. The van der Waals surface area contributed by atoms with E-state index in [0.29, 0.717) is 35.9 Å². The lowest BCUT2D eigenvalue weighted by Gasteiger charge is -2.11.